The third-order valence-electron chi connectivity index (χ3n) is 3.13. The molecule has 0 amide bonds. The summed E-state index contributed by atoms with van der Waals surface area (Å²) in [4.78, 5) is 6.45. The van der Waals surface area contributed by atoms with Gasteiger partial charge in [-0.1, -0.05) is 26.0 Å². The van der Waals surface area contributed by atoms with Crippen molar-refractivity contribution in [1.29, 1.82) is 0 Å². The molecular weight excluding hydrogens is 246 g/mol. The lowest BCUT2D eigenvalue weighted by Gasteiger charge is -2.24. The van der Waals surface area contributed by atoms with Gasteiger partial charge >= 0.3 is 0 Å². The summed E-state index contributed by atoms with van der Waals surface area (Å²) in [7, 11) is 0. The number of aliphatic imine (C=N–C) groups is 1. The fraction of sp³-hybridized carbons (Fsp3) is 0.800. The van der Waals surface area contributed by atoms with Gasteiger partial charge in [0, 0.05) is 25.1 Å². The number of hydrogen-bond donors (Lipinski definition) is 0. The van der Waals surface area contributed by atoms with Crippen LogP contribution in [-0.4, -0.2) is 36.8 Å². The summed E-state index contributed by atoms with van der Waals surface area (Å²) < 4.78 is 26.2. The Bertz CT molecular complexity index is 282. The van der Waals surface area contributed by atoms with Crippen LogP contribution < -0.4 is 0 Å². The van der Waals surface area contributed by atoms with Crippen LogP contribution in [-0.2, 0) is 0 Å². The van der Waals surface area contributed by atoms with E-state index in [1.54, 1.807) is 6.92 Å². The van der Waals surface area contributed by atoms with Crippen LogP contribution in [0.1, 0.15) is 47.0 Å². The summed E-state index contributed by atoms with van der Waals surface area (Å²) in [5, 5.41) is 0. The minimum absolute atomic E-state index is 0.500. The van der Waals surface area contributed by atoms with Gasteiger partial charge in [-0.3, -0.25) is 9.89 Å². The largest absolute Gasteiger partial charge is 0.284 e. The average molecular weight is 274 g/mol. The van der Waals surface area contributed by atoms with Gasteiger partial charge in [0.25, 0.3) is 0 Å². The number of alkyl halides is 2. The van der Waals surface area contributed by atoms with Gasteiger partial charge in [0.1, 0.15) is 0 Å². The normalized spacial score (nSPS) is 14.3. The molecule has 112 valence electrons. The first-order valence-electron chi connectivity index (χ1n) is 7.00. The van der Waals surface area contributed by atoms with Crippen LogP contribution >= 0.6 is 0 Å². The first kappa shape index (κ1) is 18.2. The Morgan fingerprint density at radius 2 is 2.05 bits per heavy atom. The highest BCUT2D eigenvalue weighted by molar-refractivity contribution is 5.60. The van der Waals surface area contributed by atoms with Gasteiger partial charge in [-0.25, -0.2) is 8.78 Å². The molecule has 19 heavy (non-hydrogen) atoms. The Morgan fingerprint density at radius 3 is 2.53 bits per heavy atom. The summed E-state index contributed by atoms with van der Waals surface area (Å²) in [5.74, 6) is -3.19. The van der Waals surface area contributed by atoms with E-state index < -0.39 is 11.8 Å². The van der Waals surface area contributed by atoms with E-state index in [0.29, 0.717) is 19.6 Å². The minimum atomic E-state index is -2.60. The summed E-state index contributed by atoms with van der Waals surface area (Å²) >= 11 is 0. The van der Waals surface area contributed by atoms with E-state index in [2.05, 4.69) is 23.4 Å². The summed E-state index contributed by atoms with van der Waals surface area (Å²) in [5.41, 5.74) is 1.07. The molecule has 0 aromatic rings. The van der Waals surface area contributed by atoms with Crippen LogP contribution in [0.3, 0.4) is 0 Å². The number of halogens is 2. The number of rotatable bonds is 10. The molecule has 0 aliphatic rings. The molecule has 1 atom stereocenters. The molecule has 0 aliphatic carbocycles. The smallest absolute Gasteiger partial charge is 0.247 e. The third-order valence-corrected chi connectivity index (χ3v) is 3.13. The molecule has 0 spiro atoms. The Hall–Kier alpha value is -0.770. The van der Waals surface area contributed by atoms with E-state index in [4.69, 9.17) is 0 Å². The third kappa shape index (κ3) is 9.77. The maximum atomic E-state index is 13.1. The SMILES string of the molecule is C=C(C)C/C=N\CN(CCC)CCC(C)C(C)(F)F. The van der Waals surface area contributed by atoms with E-state index in [1.165, 1.54) is 0 Å². The second-order valence-corrected chi connectivity index (χ2v) is 5.43. The van der Waals surface area contributed by atoms with E-state index in [1.807, 2.05) is 13.1 Å². The van der Waals surface area contributed by atoms with Crippen LogP contribution in [0.15, 0.2) is 17.1 Å². The molecule has 0 rings (SSSR count). The molecule has 0 aromatic carbocycles. The van der Waals surface area contributed by atoms with Gasteiger partial charge in [0.2, 0.25) is 5.92 Å². The van der Waals surface area contributed by atoms with Crippen molar-refractivity contribution in [2.45, 2.75) is 52.9 Å². The number of hydrogen-bond acceptors (Lipinski definition) is 2. The summed E-state index contributed by atoms with van der Waals surface area (Å²) in [6.45, 7) is 12.6. The first-order valence-corrected chi connectivity index (χ1v) is 7.00. The molecule has 2 nitrogen and oxygen atoms in total. The van der Waals surface area contributed by atoms with Crippen molar-refractivity contribution in [1.82, 2.24) is 4.90 Å². The summed E-state index contributed by atoms with van der Waals surface area (Å²) in [6.07, 6.45) is 4.14. The molecule has 0 aromatic heterocycles. The van der Waals surface area contributed by atoms with Crippen molar-refractivity contribution in [2.75, 3.05) is 19.8 Å². The molecule has 0 saturated carbocycles. The zero-order valence-corrected chi connectivity index (χ0v) is 12.8. The maximum Gasteiger partial charge on any atom is 0.247 e. The predicted octanol–water partition coefficient (Wildman–Crippen LogP) is 4.37. The Morgan fingerprint density at radius 1 is 1.42 bits per heavy atom. The van der Waals surface area contributed by atoms with Gasteiger partial charge in [-0.2, -0.15) is 0 Å². The number of nitrogens with zero attached hydrogens (tertiary/aromatic N) is 2. The van der Waals surface area contributed by atoms with E-state index in [-0.39, 0.29) is 0 Å². The predicted molar refractivity (Wildman–Crippen MR) is 79.1 cm³/mol. The molecular formula is C15H28F2N2. The van der Waals surface area contributed by atoms with Crippen molar-refractivity contribution >= 4 is 6.21 Å². The number of allylic oxidation sites excluding steroid dienone is 1. The van der Waals surface area contributed by atoms with Gasteiger partial charge in [-0.05, 0) is 33.2 Å². The molecule has 0 N–H and O–H groups in total. The lowest BCUT2D eigenvalue weighted by molar-refractivity contribution is -0.0379. The highest BCUT2D eigenvalue weighted by atomic mass is 19.3. The lowest BCUT2D eigenvalue weighted by Crippen LogP contribution is -2.30. The van der Waals surface area contributed by atoms with E-state index >= 15 is 0 Å². The Labute approximate surface area is 116 Å². The van der Waals surface area contributed by atoms with E-state index in [9.17, 15) is 8.78 Å². The van der Waals surface area contributed by atoms with Gasteiger partial charge in [0.05, 0.1) is 6.67 Å². The maximum absolute atomic E-state index is 13.1. The highest BCUT2D eigenvalue weighted by Gasteiger charge is 2.29. The van der Waals surface area contributed by atoms with Crippen LogP contribution in [0.4, 0.5) is 8.78 Å². The molecule has 0 fully saturated rings. The zero-order valence-electron chi connectivity index (χ0n) is 12.8. The fourth-order valence-electron chi connectivity index (χ4n) is 1.59. The quantitative estimate of drug-likeness (QED) is 0.426. The zero-order chi connectivity index (χ0) is 14.9. The first-order chi connectivity index (χ1) is 8.77. The van der Waals surface area contributed by atoms with Gasteiger partial charge < -0.3 is 0 Å². The average Bonchev–Trinajstić information content (AvgIpc) is 2.29. The molecule has 0 radical (unpaired) electrons. The lowest BCUT2D eigenvalue weighted by atomic mass is 10.0. The molecule has 0 bridgehead atoms. The van der Waals surface area contributed by atoms with Crippen LogP contribution in [0.5, 0.6) is 0 Å². The van der Waals surface area contributed by atoms with E-state index in [0.717, 1.165) is 31.9 Å². The van der Waals surface area contributed by atoms with Gasteiger partial charge in [0.15, 0.2) is 0 Å². The van der Waals surface area contributed by atoms with Crippen LogP contribution in [0.25, 0.3) is 0 Å². The molecule has 4 heteroatoms. The standard InChI is InChI=1S/C15H28F2N2/c1-6-10-19(12-18-9-7-13(2)3)11-8-14(4)15(5,16)17/h9,14H,2,6-8,10-12H2,1,3-5H3/b18-9-. The minimum Gasteiger partial charge on any atom is -0.284 e. The second-order valence-electron chi connectivity index (χ2n) is 5.43. The van der Waals surface area contributed by atoms with Crippen molar-refractivity contribution < 1.29 is 8.78 Å². The van der Waals surface area contributed by atoms with Crippen molar-refractivity contribution in [2.24, 2.45) is 10.9 Å². The molecule has 0 saturated heterocycles. The van der Waals surface area contributed by atoms with Crippen molar-refractivity contribution in [3.05, 3.63) is 12.2 Å². The molecule has 1 unspecified atom stereocenters. The fourth-order valence-corrected chi connectivity index (χ4v) is 1.59. The monoisotopic (exact) mass is 274 g/mol. The topological polar surface area (TPSA) is 15.6 Å². The van der Waals surface area contributed by atoms with Crippen molar-refractivity contribution in [3.8, 4) is 0 Å². The van der Waals surface area contributed by atoms with Crippen LogP contribution in [0.2, 0.25) is 0 Å². The molecule has 0 aliphatic heterocycles. The van der Waals surface area contributed by atoms with Gasteiger partial charge in [-0.15, -0.1) is 0 Å². The highest BCUT2D eigenvalue weighted by Crippen LogP contribution is 2.26. The molecule has 0 heterocycles. The summed E-state index contributed by atoms with van der Waals surface area (Å²) in [6, 6.07) is 0. The van der Waals surface area contributed by atoms with Crippen molar-refractivity contribution in [3.63, 3.8) is 0 Å². The van der Waals surface area contributed by atoms with Crippen LogP contribution in [0, 0.1) is 5.92 Å². The second kappa shape index (κ2) is 9.18. The Kier molecular flexibility index (Phi) is 8.81. The Balaban J connectivity index is 4.11.